The SMILES string of the molecule is Nc1cc(C(F)(F)F)cc(NCc2csc(=O)[nH]2)n1. The molecule has 0 fully saturated rings. The van der Waals surface area contributed by atoms with E-state index in [1.807, 2.05) is 0 Å². The Kier molecular flexibility index (Phi) is 3.47. The van der Waals surface area contributed by atoms with Crippen molar-refractivity contribution in [3.05, 3.63) is 38.4 Å². The van der Waals surface area contributed by atoms with Crippen LogP contribution in [0.15, 0.2) is 22.3 Å². The van der Waals surface area contributed by atoms with Crippen LogP contribution in [0, 0.1) is 0 Å². The van der Waals surface area contributed by atoms with Crippen molar-refractivity contribution < 1.29 is 13.2 Å². The highest BCUT2D eigenvalue weighted by molar-refractivity contribution is 7.07. The van der Waals surface area contributed by atoms with E-state index in [0.29, 0.717) is 5.69 Å². The summed E-state index contributed by atoms with van der Waals surface area (Å²) in [6, 6.07) is 1.62. The van der Waals surface area contributed by atoms with Gasteiger partial charge in [-0.15, -0.1) is 0 Å². The lowest BCUT2D eigenvalue weighted by atomic mass is 10.2. The Morgan fingerprint density at radius 2 is 2.16 bits per heavy atom. The van der Waals surface area contributed by atoms with Crippen molar-refractivity contribution in [3.63, 3.8) is 0 Å². The first-order valence-corrected chi connectivity index (χ1v) is 5.98. The molecule has 0 aliphatic heterocycles. The molecule has 2 aromatic rings. The number of halogens is 3. The number of hydrogen-bond acceptors (Lipinski definition) is 5. The van der Waals surface area contributed by atoms with Crippen LogP contribution in [0.1, 0.15) is 11.3 Å². The molecule has 0 radical (unpaired) electrons. The number of anilines is 2. The van der Waals surface area contributed by atoms with E-state index in [0.717, 1.165) is 23.5 Å². The van der Waals surface area contributed by atoms with Crippen LogP contribution in [-0.2, 0) is 12.7 Å². The Morgan fingerprint density at radius 1 is 1.42 bits per heavy atom. The molecule has 4 N–H and O–H groups in total. The number of aromatic amines is 1. The fraction of sp³-hybridized carbons (Fsp3) is 0.200. The number of pyridine rings is 1. The Bertz CT molecular complexity index is 634. The molecular weight excluding hydrogens is 281 g/mol. The summed E-state index contributed by atoms with van der Waals surface area (Å²) >= 11 is 0.974. The number of rotatable bonds is 3. The summed E-state index contributed by atoms with van der Waals surface area (Å²) in [5, 5.41) is 4.25. The van der Waals surface area contributed by atoms with Crippen LogP contribution in [0.25, 0.3) is 0 Å². The minimum absolute atomic E-state index is 0.000580. The van der Waals surface area contributed by atoms with Gasteiger partial charge in [-0.2, -0.15) is 13.2 Å². The van der Waals surface area contributed by atoms with Crippen molar-refractivity contribution in [1.82, 2.24) is 9.97 Å². The lowest BCUT2D eigenvalue weighted by Gasteiger charge is -2.10. The molecule has 0 aliphatic carbocycles. The highest BCUT2D eigenvalue weighted by Crippen LogP contribution is 2.31. The summed E-state index contributed by atoms with van der Waals surface area (Å²) in [6.45, 7) is 0.159. The molecule has 2 rings (SSSR count). The molecule has 0 aromatic carbocycles. The number of hydrogen-bond donors (Lipinski definition) is 3. The number of H-pyrrole nitrogens is 1. The smallest absolute Gasteiger partial charge is 0.384 e. The number of nitrogens with one attached hydrogen (secondary N) is 2. The molecule has 0 bridgehead atoms. The lowest BCUT2D eigenvalue weighted by Crippen LogP contribution is -2.10. The van der Waals surface area contributed by atoms with Gasteiger partial charge in [0.05, 0.1) is 12.1 Å². The second-order valence-electron chi connectivity index (χ2n) is 3.69. The van der Waals surface area contributed by atoms with Crippen molar-refractivity contribution in [2.75, 3.05) is 11.1 Å². The maximum Gasteiger partial charge on any atom is 0.416 e. The summed E-state index contributed by atoms with van der Waals surface area (Å²) < 4.78 is 37.7. The van der Waals surface area contributed by atoms with E-state index >= 15 is 0 Å². The molecule has 19 heavy (non-hydrogen) atoms. The molecular formula is C10H9F3N4OS. The van der Waals surface area contributed by atoms with E-state index < -0.39 is 11.7 Å². The second kappa shape index (κ2) is 4.92. The van der Waals surface area contributed by atoms with E-state index in [-0.39, 0.29) is 23.1 Å². The molecule has 0 saturated heterocycles. The Labute approximate surface area is 109 Å². The van der Waals surface area contributed by atoms with Crippen LogP contribution in [0.5, 0.6) is 0 Å². The third-order valence-corrected chi connectivity index (χ3v) is 2.92. The second-order valence-corrected chi connectivity index (χ2v) is 4.53. The Balaban J connectivity index is 2.16. The topological polar surface area (TPSA) is 83.8 Å². The molecule has 0 saturated carbocycles. The average molecular weight is 290 g/mol. The van der Waals surface area contributed by atoms with E-state index in [4.69, 9.17) is 5.73 Å². The van der Waals surface area contributed by atoms with Crippen LogP contribution >= 0.6 is 11.3 Å². The zero-order valence-corrected chi connectivity index (χ0v) is 10.2. The van der Waals surface area contributed by atoms with Gasteiger partial charge in [0.2, 0.25) is 0 Å². The first-order valence-electron chi connectivity index (χ1n) is 5.10. The number of nitrogens with two attached hydrogens (primary N) is 1. The zero-order chi connectivity index (χ0) is 14.0. The Hall–Kier alpha value is -2.03. The molecule has 0 spiro atoms. The van der Waals surface area contributed by atoms with Crippen molar-refractivity contribution in [2.45, 2.75) is 12.7 Å². The van der Waals surface area contributed by atoms with E-state index in [9.17, 15) is 18.0 Å². The minimum Gasteiger partial charge on any atom is -0.384 e. The molecule has 102 valence electrons. The molecule has 0 atom stereocenters. The molecule has 5 nitrogen and oxygen atoms in total. The van der Waals surface area contributed by atoms with Crippen molar-refractivity contribution in [2.24, 2.45) is 0 Å². The van der Waals surface area contributed by atoms with Crippen LogP contribution < -0.4 is 15.9 Å². The molecule has 0 amide bonds. The average Bonchev–Trinajstić information content (AvgIpc) is 2.71. The van der Waals surface area contributed by atoms with Crippen molar-refractivity contribution in [3.8, 4) is 0 Å². The zero-order valence-electron chi connectivity index (χ0n) is 9.41. The van der Waals surface area contributed by atoms with E-state index in [2.05, 4.69) is 15.3 Å². The fourth-order valence-electron chi connectivity index (χ4n) is 1.39. The number of nitrogen functional groups attached to an aromatic ring is 1. The predicted molar refractivity (Wildman–Crippen MR) is 65.9 cm³/mol. The number of alkyl halides is 3. The van der Waals surface area contributed by atoms with Gasteiger partial charge in [-0.3, -0.25) is 4.79 Å². The maximum absolute atomic E-state index is 12.6. The van der Waals surface area contributed by atoms with Crippen molar-refractivity contribution in [1.29, 1.82) is 0 Å². The van der Waals surface area contributed by atoms with Gasteiger partial charge in [-0.05, 0) is 12.1 Å². The highest BCUT2D eigenvalue weighted by Gasteiger charge is 2.31. The minimum atomic E-state index is -4.48. The fourth-order valence-corrected chi connectivity index (χ4v) is 1.97. The number of aromatic nitrogens is 2. The highest BCUT2D eigenvalue weighted by atomic mass is 32.1. The number of thiazole rings is 1. The van der Waals surface area contributed by atoms with E-state index in [1.165, 1.54) is 0 Å². The largest absolute Gasteiger partial charge is 0.416 e. The predicted octanol–water partition coefficient (Wildman–Crippen LogP) is 2.04. The quantitative estimate of drug-likeness (QED) is 0.807. The standard InChI is InChI=1S/C10H9F3N4OS/c11-10(12,13)5-1-7(14)17-8(2-5)15-3-6-4-19-9(18)16-6/h1-2,4H,3H2,(H,16,18)(H3,14,15,17). The molecule has 2 aromatic heterocycles. The summed E-state index contributed by atoms with van der Waals surface area (Å²) in [4.78, 5) is 16.9. The summed E-state index contributed by atoms with van der Waals surface area (Å²) in [6.07, 6.45) is -4.48. The van der Waals surface area contributed by atoms with Crippen LogP contribution in [-0.4, -0.2) is 9.97 Å². The third kappa shape index (κ3) is 3.47. The van der Waals surface area contributed by atoms with Gasteiger partial charge in [0.25, 0.3) is 0 Å². The van der Waals surface area contributed by atoms with Crippen LogP contribution in [0.3, 0.4) is 0 Å². The van der Waals surface area contributed by atoms with Crippen molar-refractivity contribution >= 4 is 23.0 Å². The van der Waals surface area contributed by atoms with Crippen LogP contribution in [0.4, 0.5) is 24.8 Å². The molecule has 9 heteroatoms. The summed E-state index contributed by atoms with van der Waals surface area (Å²) in [5.41, 5.74) is 5.01. The van der Waals surface area contributed by atoms with E-state index in [1.54, 1.807) is 5.38 Å². The van der Waals surface area contributed by atoms with Gasteiger partial charge < -0.3 is 16.0 Å². The summed E-state index contributed by atoms with van der Waals surface area (Å²) in [5.74, 6) is -0.226. The normalized spacial score (nSPS) is 11.5. The van der Waals surface area contributed by atoms with Gasteiger partial charge in [0.15, 0.2) is 0 Å². The first-order chi connectivity index (χ1) is 8.84. The van der Waals surface area contributed by atoms with Crippen LogP contribution in [0.2, 0.25) is 0 Å². The maximum atomic E-state index is 12.6. The first kappa shape index (κ1) is 13.4. The van der Waals surface area contributed by atoms with Gasteiger partial charge in [0.1, 0.15) is 11.6 Å². The number of nitrogens with zero attached hydrogens (tertiary/aromatic N) is 1. The molecule has 0 unspecified atom stereocenters. The third-order valence-electron chi connectivity index (χ3n) is 2.20. The van der Waals surface area contributed by atoms with Gasteiger partial charge >= 0.3 is 11.0 Å². The van der Waals surface area contributed by atoms with Gasteiger partial charge in [-0.1, -0.05) is 11.3 Å². The monoisotopic (exact) mass is 290 g/mol. The molecule has 0 aliphatic rings. The molecule has 2 heterocycles. The lowest BCUT2D eigenvalue weighted by molar-refractivity contribution is -0.137. The van der Waals surface area contributed by atoms with Gasteiger partial charge in [-0.25, -0.2) is 4.98 Å². The Morgan fingerprint density at radius 3 is 2.74 bits per heavy atom. The van der Waals surface area contributed by atoms with Gasteiger partial charge in [0, 0.05) is 11.1 Å². The summed E-state index contributed by atoms with van der Waals surface area (Å²) in [7, 11) is 0.